The van der Waals surface area contributed by atoms with Crippen LogP contribution < -0.4 is 5.32 Å². The van der Waals surface area contributed by atoms with E-state index in [1.165, 1.54) is 6.07 Å². The van der Waals surface area contributed by atoms with Crippen LogP contribution in [0.1, 0.15) is 24.4 Å². The second kappa shape index (κ2) is 3.34. The summed E-state index contributed by atoms with van der Waals surface area (Å²) in [7, 11) is 0. The first kappa shape index (κ1) is 8.51. The molecule has 2 N–H and O–H groups in total. The second-order valence-corrected chi connectivity index (χ2v) is 3.35. The third-order valence-electron chi connectivity index (χ3n) is 2.43. The highest BCUT2D eigenvalue weighted by molar-refractivity contribution is 5.35. The van der Waals surface area contributed by atoms with Crippen LogP contribution in [0.4, 0.5) is 4.39 Å². The molecule has 2 nitrogen and oxygen atoms in total. The Morgan fingerprint density at radius 3 is 2.92 bits per heavy atom. The van der Waals surface area contributed by atoms with Gasteiger partial charge >= 0.3 is 0 Å². The van der Waals surface area contributed by atoms with Crippen molar-refractivity contribution in [3.05, 3.63) is 29.6 Å². The molecule has 0 amide bonds. The van der Waals surface area contributed by atoms with E-state index in [4.69, 9.17) is 0 Å². The normalized spacial score (nSPS) is 22.1. The van der Waals surface area contributed by atoms with Crippen LogP contribution in [0.5, 0.6) is 5.75 Å². The molecule has 0 aliphatic carbocycles. The first-order chi connectivity index (χ1) is 6.27. The van der Waals surface area contributed by atoms with Gasteiger partial charge in [-0.25, -0.2) is 4.39 Å². The molecule has 1 atom stereocenters. The Bertz CT molecular complexity index is 308. The standard InChI is InChI=1S/C10H12FNO/c11-7-3-4-8(10(13)6-7)9-2-1-5-12-9/h3-4,6,9,12-13H,1-2,5H2/t9-/m1/s1. The van der Waals surface area contributed by atoms with Gasteiger partial charge in [-0.1, -0.05) is 6.07 Å². The van der Waals surface area contributed by atoms with Crippen molar-refractivity contribution >= 4 is 0 Å². The van der Waals surface area contributed by atoms with Crippen molar-refractivity contribution in [2.75, 3.05) is 6.54 Å². The number of phenols is 1. The van der Waals surface area contributed by atoms with E-state index in [0.717, 1.165) is 31.0 Å². The Hall–Kier alpha value is -1.09. The Balaban J connectivity index is 2.29. The highest BCUT2D eigenvalue weighted by Gasteiger charge is 2.18. The fourth-order valence-electron chi connectivity index (χ4n) is 1.76. The molecule has 1 aromatic carbocycles. The summed E-state index contributed by atoms with van der Waals surface area (Å²) in [6, 6.07) is 4.39. The Labute approximate surface area is 76.4 Å². The number of phenolic OH excluding ortho intramolecular Hbond substituents is 1. The summed E-state index contributed by atoms with van der Waals surface area (Å²) in [5.74, 6) is -0.335. The van der Waals surface area contributed by atoms with Gasteiger partial charge in [-0.05, 0) is 25.5 Å². The lowest BCUT2D eigenvalue weighted by Gasteiger charge is -2.11. The van der Waals surface area contributed by atoms with Crippen LogP contribution in [0.15, 0.2) is 18.2 Å². The molecule has 0 unspecified atom stereocenters. The molecule has 13 heavy (non-hydrogen) atoms. The van der Waals surface area contributed by atoms with E-state index in [9.17, 15) is 9.50 Å². The third kappa shape index (κ3) is 1.65. The van der Waals surface area contributed by atoms with Crippen molar-refractivity contribution in [1.82, 2.24) is 5.32 Å². The minimum Gasteiger partial charge on any atom is -0.508 e. The van der Waals surface area contributed by atoms with Crippen molar-refractivity contribution in [3.63, 3.8) is 0 Å². The maximum Gasteiger partial charge on any atom is 0.126 e. The van der Waals surface area contributed by atoms with E-state index in [0.29, 0.717) is 0 Å². The molecule has 2 rings (SSSR count). The molecular formula is C10H12FNO. The maximum atomic E-state index is 12.7. The molecule has 0 radical (unpaired) electrons. The summed E-state index contributed by atoms with van der Waals surface area (Å²) >= 11 is 0. The number of nitrogens with one attached hydrogen (secondary N) is 1. The second-order valence-electron chi connectivity index (χ2n) is 3.35. The summed E-state index contributed by atoms with van der Waals surface area (Å²) in [4.78, 5) is 0. The minimum atomic E-state index is -0.390. The molecule has 1 aliphatic heterocycles. The van der Waals surface area contributed by atoms with Gasteiger partial charge in [0.1, 0.15) is 11.6 Å². The van der Waals surface area contributed by atoms with Gasteiger partial charge < -0.3 is 10.4 Å². The van der Waals surface area contributed by atoms with Crippen molar-refractivity contribution in [2.24, 2.45) is 0 Å². The van der Waals surface area contributed by atoms with Gasteiger partial charge in [0, 0.05) is 17.7 Å². The first-order valence-electron chi connectivity index (χ1n) is 4.49. The zero-order chi connectivity index (χ0) is 9.26. The lowest BCUT2D eigenvalue weighted by atomic mass is 10.0. The van der Waals surface area contributed by atoms with Gasteiger partial charge in [0.05, 0.1) is 0 Å². The van der Waals surface area contributed by atoms with Gasteiger partial charge in [0.2, 0.25) is 0 Å². The van der Waals surface area contributed by atoms with Crippen LogP contribution in [0.2, 0.25) is 0 Å². The molecule has 1 aliphatic rings. The average molecular weight is 181 g/mol. The largest absolute Gasteiger partial charge is 0.508 e. The van der Waals surface area contributed by atoms with Crippen LogP contribution >= 0.6 is 0 Å². The van der Waals surface area contributed by atoms with Crippen LogP contribution in [0, 0.1) is 5.82 Å². The SMILES string of the molecule is Oc1cc(F)ccc1[C@H]1CCCN1. The van der Waals surface area contributed by atoms with Gasteiger partial charge in [0.25, 0.3) is 0 Å². The number of hydrogen-bond acceptors (Lipinski definition) is 2. The Kier molecular flexibility index (Phi) is 2.19. The zero-order valence-corrected chi connectivity index (χ0v) is 7.26. The van der Waals surface area contributed by atoms with Crippen LogP contribution in [0.25, 0.3) is 0 Å². The lowest BCUT2D eigenvalue weighted by Crippen LogP contribution is -2.12. The molecule has 1 aromatic rings. The summed E-state index contributed by atoms with van der Waals surface area (Å²) in [5, 5.41) is 12.7. The monoisotopic (exact) mass is 181 g/mol. The quantitative estimate of drug-likeness (QED) is 0.694. The highest BCUT2D eigenvalue weighted by Crippen LogP contribution is 2.30. The predicted octanol–water partition coefficient (Wildman–Crippen LogP) is 1.96. The van der Waals surface area contributed by atoms with Crippen molar-refractivity contribution in [1.29, 1.82) is 0 Å². The molecular weight excluding hydrogens is 169 g/mol. The van der Waals surface area contributed by atoms with Gasteiger partial charge in [-0.2, -0.15) is 0 Å². The third-order valence-corrected chi connectivity index (χ3v) is 2.43. The van der Waals surface area contributed by atoms with Gasteiger partial charge in [-0.15, -0.1) is 0 Å². The van der Waals surface area contributed by atoms with Crippen molar-refractivity contribution in [2.45, 2.75) is 18.9 Å². The Morgan fingerprint density at radius 1 is 1.46 bits per heavy atom. The first-order valence-corrected chi connectivity index (χ1v) is 4.49. The fourth-order valence-corrected chi connectivity index (χ4v) is 1.76. The predicted molar refractivity (Wildman–Crippen MR) is 48.0 cm³/mol. The molecule has 3 heteroatoms. The van der Waals surface area contributed by atoms with Crippen molar-refractivity contribution < 1.29 is 9.50 Å². The summed E-state index contributed by atoms with van der Waals surface area (Å²) in [6.45, 7) is 0.974. The molecule has 0 bridgehead atoms. The number of hydrogen-bond donors (Lipinski definition) is 2. The molecule has 1 fully saturated rings. The van der Waals surface area contributed by atoms with Gasteiger partial charge in [0.15, 0.2) is 0 Å². The molecule has 70 valence electrons. The van der Waals surface area contributed by atoms with E-state index in [1.807, 2.05) is 0 Å². The van der Waals surface area contributed by atoms with E-state index in [2.05, 4.69) is 5.32 Å². The van der Waals surface area contributed by atoms with E-state index >= 15 is 0 Å². The van der Waals surface area contributed by atoms with Crippen molar-refractivity contribution in [3.8, 4) is 5.75 Å². The lowest BCUT2D eigenvalue weighted by molar-refractivity contribution is 0.451. The Morgan fingerprint density at radius 2 is 2.31 bits per heavy atom. The minimum absolute atomic E-state index is 0.0550. The topological polar surface area (TPSA) is 32.3 Å². The number of benzene rings is 1. The number of rotatable bonds is 1. The summed E-state index contributed by atoms with van der Waals surface area (Å²) < 4.78 is 12.7. The smallest absolute Gasteiger partial charge is 0.126 e. The molecule has 0 saturated carbocycles. The molecule has 0 aromatic heterocycles. The van der Waals surface area contributed by atoms with Crippen LogP contribution in [-0.4, -0.2) is 11.7 Å². The van der Waals surface area contributed by atoms with Crippen LogP contribution in [0.3, 0.4) is 0 Å². The van der Waals surface area contributed by atoms with E-state index < -0.39 is 0 Å². The number of aromatic hydroxyl groups is 1. The van der Waals surface area contributed by atoms with E-state index in [1.54, 1.807) is 6.07 Å². The maximum absolute atomic E-state index is 12.7. The summed E-state index contributed by atoms with van der Waals surface area (Å²) in [6.07, 6.45) is 2.13. The summed E-state index contributed by atoms with van der Waals surface area (Å²) in [5.41, 5.74) is 0.805. The zero-order valence-electron chi connectivity index (χ0n) is 7.26. The molecule has 1 saturated heterocycles. The fraction of sp³-hybridized carbons (Fsp3) is 0.400. The number of halogens is 1. The van der Waals surface area contributed by atoms with Crippen LogP contribution in [-0.2, 0) is 0 Å². The molecule has 1 heterocycles. The highest BCUT2D eigenvalue weighted by atomic mass is 19.1. The van der Waals surface area contributed by atoms with E-state index in [-0.39, 0.29) is 17.6 Å². The van der Waals surface area contributed by atoms with Gasteiger partial charge in [-0.3, -0.25) is 0 Å². The average Bonchev–Trinajstić information content (AvgIpc) is 2.56. The molecule has 0 spiro atoms.